The van der Waals surface area contributed by atoms with Gasteiger partial charge in [-0.2, -0.15) is 0 Å². The molecule has 1 aromatic carbocycles. The first-order valence-corrected chi connectivity index (χ1v) is 7.39. The van der Waals surface area contributed by atoms with E-state index < -0.39 is 17.2 Å². The fraction of sp³-hybridized carbons (Fsp3) is 0.412. The zero-order valence-corrected chi connectivity index (χ0v) is 14.0. The van der Waals surface area contributed by atoms with Gasteiger partial charge in [-0.25, -0.2) is 14.2 Å². The maximum atomic E-state index is 13.0. The van der Waals surface area contributed by atoms with E-state index in [0.717, 1.165) is 11.3 Å². The number of ether oxygens (including phenoxy) is 1. The van der Waals surface area contributed by atoms with Crippen LogP contribution in [0.25, 0.3) is 11.3 Å². The van der Waals surface area contributed by atoms with Crippen LogP contribution in [-0.2, 0) is 10.3 Å². The van der Waals surface area contributed by atoms with Crippen LogP contribution in [-0.4, -0.2) is 21.7 Å². The monoisotopic (exact) mass is 319 g/mol. The average molecular weight is 319 g/mol. The Morgan fingerprint density at radius 1 is 1.17 bits per heavy atom. The summed E-state index contributed by atoms with van der Waals surface area (Å²) in [7, 11) is 0. The largest absolute Gasteiger partial charge is 0.444 e. The second-order valence-electron chi connectivity index (χ2n) is 6.90. The molecule has 0 bridgehead atoms. The number of amides is 1. The first kappa shape index (κ1) is 17.0. The van der Waals surface area contributed by atoms with E-state index in [1.54, 1.807) is 39.1 Å². The number of halogens is 1. The minimum atomic E-state index is -0.736. The molecule has 0 saturated heterocycles. The summed E-state index contributed by atoms with van der Waals surface area (Å²) in [4.78, 5) is 19.4. The van der Waals surface area contributed by atoms with Crippen molar-refractivity contribution in [1.29, 1.82) is 0 Å². The fourth-order valence-electron chi connectivity index (χ4n) is 2.03. The van der Waals surface area contributed by atoms with Gasteiger partial charge in [0.2, 0.25) is 0 Å². The number of aromatic amines is 1. The zero-order valence-electron chi connectivity index (χ0n) is 14.0. The lowest BCUT2D eigenvalue weighted by Gasteiger charge is -2.27. The van der Waals surface area contributed by atoms with Crippen LogP contribution in [0.1, 0.15) is 40.4 Å². The van der Waals surface area contributed by atoms with Crippen molar-refractivity contribution in [2.24, 2.45) is 0 Å². The lowest BCUT2D eigenvalue weighted by molar-refractivity contribution is 0.0466. The molecule has 0 fully saturated rings. The number of rotatable bonds is 3. The molecule has 0 spiro atoms. The highest BCUT2D eigenvalue weighted by Crippen LogP contribution is 2.23. The molecular weight excluding hydrogens is 297 g/mol. The van der Waals surface area contributed by atoms with E-state index in [9.17, 15) is 9.18 Å². The van der Waals surface area contributed by atoms with Crippen LogP contribution in [0.15, 0.2) is 30.5 Å². The summed E-state index contributed by atoms with van der Waals surface area (Å²) in [6.07, 6.45) is 1.14. The highest BCUT2D eigenvalue weighted by Gasteiger charge is 2.28. The van der Waals surface area contributed by atoms with Gasteiger partial charge in [0.05, 0.1) is 17.4 Å². The van der Waals surface area contributed by atoms with Gasteiger partial charge < -0.3 is 15.0 Å². The summed E-state index contributed by atoms with van der Waals surface area (Å²) in [5, 5.41) is 2.79. The molecule has 0 saturated carbocycles. The third-order valence-electron chi connectivity index (χ3n) is 3.14. The van der Waals surface area contributed by atoms with Gasteiger partial charge in [-0.05, 0) is 64.4 Å². The molecule has 0 unspecified atom stereocenters. The van der Waals surface area contributed by atoms with Gasteiger partial charge in [0.25, 0.3) is 0 Å². The Bertz CT molecular complexity index is 685. The summed E-state index contributed by atoms with van der Waals surface area (Å²) < 4.78 is 18.3. The van der Waals surface area contributed by atoms with Crippen molar-refractivity contribution in [2.45, 2.75) is 45.8 Å². The summed E-state index contributed by atoms with van der Waals surface area (Å²) in [6, 6.07) is 6.11. The van der Waals surface area contributed by atoms with Crippen molar-refractivity contribution in [2.75, 3.05) is 0 Å². The van der Waals surface area contributed by atoms with Gasteiger partial charge in [0, 0.05) is 0 Å². The van der Waals surface area contributed by atoms with E-state index in [1.165, 1.54) is 12.1 Å². The topological polar surface area (TPSA) is 67.0 Å². The van der Waals surface area contributed by atoms with Gasteiger partial charge in [0.15, 0.2) is 0 Å². The maximum absolute atomic E-state index is 13.0. The number of nitrogens with zero attached hydrogens (tertiary/aromatic N) is 1. The maximum Gasteiger partial charge on any atom is 0.408 e. The zero-order chi connectivity index (χ0) is 17.3. The number of H-pyrrole nitrogens is 1. The van der Waals surface area contributed by atoms with E-state index in [0.29, 0.717) is 5.82 Å². The Morgan fingerprint density at radius 2 is 1.78 bits per heavy atom. The number of aromatic nitrogens is 2. The number of benzene rings is 1. The van der Waals surface area contributed by atoms with Crippen molar-refractivity contribution < 1.29 is 13.9 Å². The fourth-order valence-corrected chi connectivity index (χ4v) is 2.03. The molecule has 0 atom stereocenters. The molecule has 1 aromatic heterocycles. The average Bonchev–Trinajstić information content (AvgIpc) is 2.86. The smallest absolute Gasteiger partial charge is 0.408 e. The number of hydrogen-bond acceptors (Lipinski definition) is 3. The SMILES string of the molecule is CC(C)(C)OC(=O)NC(C)(C)c1ncc(-c2ccc(F)cc2)[nH]1. The van der Waals surface area contributed by atoms with Crippen molar-refractivity contribution in [3.05, 3.63) is 42.1 Å². The van der Waals surface area contributed by atoms with Crippen LogP contribution in [0.4, 0.5) is 9.18 Å². The Hall–Kier alpha value is -2.37. The molecule has 0 radical (unpaired) electrons. The van der Waals surface area contributed by atoms with E-state index in [2.05, 4.69) is 15.3 Å². The Balaban J connectivity index is 2.14. The normalized spacial score (nSPS) is 12.1. The molecule has 124 valence electrons. The van der Waals surface area contributed by atoms with Gasteiger partial charge in [-0.1, -0.05) is 0 Å². The summed E-state index contributed by atoms with van der Waals surface area (Å²) in [6.45, 7) is 9.06. The van der Waals surface area contributed by atoms with Crippen molar-refractivity contribution >= 4 is 6.09 Å². The standard InChI is InChI=1S/C17H22FN3O2/c1-16(2,3)23-15(22)21-17(4,5)14-19-10-13(20-14)11-6-8-12(18)9-7-11/h6-10H,1-5H3,(H,19,20)(H,21,22). The Labute approximate surface area is 135 Å². The van der Waals surface area contributed by atoms with E-state index in [4.69, 9.17) is 4.74 Å². The van der Waals surface area contributed by atoms with Crippen molar-refractivity contribution in [1.82, 2.24) is 15.3 Å². The van der Waals surface area contributed by atoms with Crippen LogP contribution in [0, 0.1) is 5.82 Å². The summed E-state index contributed by atoms with van der Waals surface area (Å²) >= 11 is 0. The molecule has 0 aliphatic heterocycles. The molecule has 0 aliphatic rings. The van der Waals surface area contributed by atoms with Gasteiger partial charge in [0.1, 0.15) is 17.2 Å². The minimum absolute atomic E-state index is 0.291. The molecule has 2 rings (SSSR count). The van der Waals surface area contributed by atoms with Gasteiger partial charge in [-0.15, -0.1) is 0 Å². The highest BCUT2D eigenvalue weighted by atomic mass is 19.1. The highest BCUT2D eigenvalue weighted by molar-refractivity contribution is 5.69. The molecular formula is C17H22FN3O2. The number of hydrogen-bond donors (Lipinski definition) is 2. The second kappa shape index (κ2) is 6.02. The van der Waals surface area contributed by atoms with Crippen molar-refractivity contribution in [3.63, 3.8) is 0 Å². The van der Waals surface area contributed by atoms with Crippen LogP contribution in [0.5, 0.6) is 0 Å². The van der Waals surface area contributed by atoms with E-state index in [-0.39, 0.29) is 5.82 Å². The molecule has 0 aliphatic carbocycles. The van der Waals surface area contributed by atoms with Crippen LogP contribution < -0.4 is 5.32 Å². The van der Waals surface area contributed by atoms with Crippen LogP contribution >= 0.6 is 0 Å². The summed E-state index contributed by atoms with van der Waals surface area (Å²) in [5.41, 5.74) is 0.265. The quantitative estimate of drug-likeness (QED) is 0.899. The predicted molar refractivity (Wildman–Crippen MR) is 86.4 cm³/mol. The molecule has 1 heterocycles. The van der Waals surface area contributed by atoms with E-state index >= 15 is 0 Å². The number of alkyl carbamates (subject to hydrolysis) is 1. The molecule has 23 heavy (non-hydrogen) atoms. The summed E-state index contributed by atoms with van der Waals surface area (Å²) in [5.74, 6) is 0.295. The molecule has 2 N–H and O–H groups in total. The molecule has 6 heteroatoms. The molecule has 2 aromatic rings. The van der Waals surface area contributed by atoms with Crippen LogP contribution in [0.2, 0.25) is 0 Å². The van der Waals surface area contributed by atoms with Crippen LogP contribution in [0.3, 0.4) is 0 Å². The first-order valence-electron chi connectivity index (χ1n) is 7.39. The number of imidazole rings is 1. The Kier molecular flexibility index (Phi) is 4.45. The van der Waals surface area contributed by atoms with Gasteiger partial charge in [-0.3, -0.25) is 0 Å². The lowest BCUT2D eigenvalue weighted by atomic mass is 10.1. The van der Waals surface area contributed by atoms with Crippen molar-refractivity contribution in [3.8, 4) is 11.3 Å². The molecule has 1 amide bonds. The third-order valence-corrected chi connectivity index (χ3v) is 3.14. The third kappa shape index (κ3) is 4.55. The number of carbonyl (C=O) groups is 1. The lowest BCUT2D eigenvalue weighted by Crippen LogP contribution is -2.44. The predicted octanol–water partition coefficient (Wildman–Crippen LogP) is 3.98. The second-order valence-corrected chi connectivity index (χ2v) is 6.90. The Morgan fingerprint density at radius 3 is 2.35 bits per heavy atom. The van der Waals surface area contributed by atoms with E-state index in [1.807, 2.05) is 13.8 Å². The molecule has 5 nitrogen and oxygen atoms in total. The number of nitrogens with one attached hydrogen (secondary N) is 2. The van der Waals surface area contributed by atoms with Gasteiger partial charge >= 0.3 is 6.09 Å². The number of carbonyl (C=O) groups excluding carboxylic acids is 1. The first-order chi connectivity index (χ1) is 10.6. The minimum Gasteiger partial charge on any atom is -0.444 e.